The van der Waals surface area contributed by atoms with E-state index in [-0.39, 0.29) is 4.90 Å². The molecule has 0 amide bonds. The second kappa shape index (κ2) is 6.13. The Labute approximate surface area is 153 Å². The molecule has 0 fully saturated rings. The van der Waals surface area contributed by atoms with Gasteiger partial charge in [0.2, 0.25) is 0 Å². The average molecular weight is 413 g/mol. The first kappa shape index (κ1) is 16.1. The highest BCUT2D eigenvalue weighted by atomic mass is 79.9. The van der Waals surface area contributed by atoms with Crippen LogP contribution in [-0.4, -0.2) is 17.4 Å². The van der Waals surface area contributed by atoms with Gasteiger partial charge in [0.1, 0.15) is 0 Å². The Morgan fingerprint density at radius 2 is 1.52 bits per heavy atom. The maximum atomic E-state index is 13.3. The minimum absolute atomic E-state index is 0.228. The first-order chi connectivity index (χ1) is 12.1. The van der Waals surface area contributed by atoms with Gasteiger partial charge >= 0.3 is 0 Å². The summed E-state index contributed by atoms with van der Waals surface area (Å²) in [6.07, 6.45) is 1.60. The highest BCUT2D eigenvalue weighted by Gasteiger charge is 2.25. The molecular formula is C19H13BrN2O2S. The fraction of sp³-hybridized carbons (Fsp3) is 0. The van der Waals surface area contributed by atoms with Crippen LogP contribution in [0.2, 0.25) is 0 Å². The van der Waals surface area contributed by atoms with Gasteiger partial charge in [0.15, 0.2) is 5.65 Å². The SMILES string of the molecule is O=S(=O)(c1ccccc1)n1c(-c2ccccc2)cc2c(Br)ccnc21. The van der Waals surface area contributed by atoms with Crippen LogP contribution in [0, 0.1) is 0 Å². The molecule has 0 aliphatic carbocycles. The molecule has 2 aromatic heterocycles. The van der Waals surface area contributed by atoms with Crippen LogP contribution in [0.15, 0.2) is 88.4 Å². The molecule has 0 bridgehead atoms. The van der Waals surface area contributed by atoms with Crippen molar-refractivity contribution in [3.8, 4) is 11.3 Å². The summed E-state index contributed by atoms with van der Waals surface area (Å²) < 4.78 is 28.8. The van der Waals surface area contributed by atoms with Gasteiger partial charge in [0, 0.05) is 16.1 Å². The van der Waals surface area contributed by atoms with E-state index in [0.29, 0.717) is 11.3 Å². The van der Waals surface area contributed by atoms with Crippen molar-refractivity contribution in [2.45, 2.75) is 4.90 Å². The standard InChI is InChI=1S/C19H13BrN2O2S/c20-17-11-12-21-19-16(17)13-18(14-7-3-1-4-8-14)22(19)25(23,24)15-9-5-2-6-10-15/h1-13H. The molecule has 0 atom stereocenters. The summed E-state index contributed by atoms with van der Waals surface area (Å²) in [4.78, 5) is 4.56. The molecule has 4 rings (SSSR count). The summed E-state index contributed by atoms with van der Waals surface area (Å²) in [5.41, 5.74) is 1.79. The lowest BCUT2D eigenvalue weighted by molar-refractivity contribution is 0.589. The summed E-state index contributed by atoms with van der Waals surface area (Å²) in [5, 5.41) is 0.751. The monoisotopic (exact) mass is 412 g/mol. The first-order valence-corrected chi connectivity index (χ1v) is 9.84. The Kier molecular flexibility index (Phi) is 3.94. The highest BCUT2D eigenvalue weighted by molar-refractivity contribution is 9.10. The van der Waals surface area contributed by atoms with Gasteiger partial charge in [-0.1, -0.05) is 48.5 Å². The molecule has 0 saturated heterocycles. The van der Waals surface area contributed by atoms with Crippen LogP contribution in [-0.2, 0) is 10.0 Å². The number of fused-ring (bicyclic) bond motifs is 1. The van der Waals surface area contributed by atoms with Crippen molar-refractivity contribution in [3.63, 3.8) is 0 Å². The molecule has 0 aliphatic heterocycles. The van der Waals surface area contributed by atoms with Crippen molar-refractivity contribution in [2.75, 3.05) is 0 Å². The molecule has 124 valence electrons. The van der Waals surface area contributed by atoms with Gasteiger partial charge in [0.25, 0.3) is 10.0 Å². The molecule has 6 heteroatoms. The predicted octanol–water partition coefficient (Wildman–Crippen LogP) is 4.70. The second-order valence-corrected chi connectivity index (χ2v) is 8.15. The van der Waals surface area contributed by atoms with E-state index in [1.165, 1.54) is 3.97 Å². The molecule has 0 saturated carbocycles. The number of halogens is 1. The van der Waals surface area contributed by atoms with Crippen LogP contribution in [0.3, 0.4) is 0 Å². The molecular weight excluding hydrogens is 400 g/mol. The van der Waals surface area contributed by atoms with Crippen LogP contribution in [0.25, 0.3) is 22.3 Å². The van der Waals surface area contributed by atoms with Crippen LogP contribution in [0.4, 0.5) is 0 Å². The first-order valence-electron chi connectivity index (χ1n) is 7.61. The zero-order valence-corrected chi connectivity index (χ0v) is 15.4. The molecule has 0 aliphatic rings. The lowest BCUT2D eigenvalue weighted by Crippen LogP contribution is -2.14. The lowest BCUT2D eigenvalue weighted by Gasteiger charge is -2.11. The quantitative estimate of drug-likeness (QED) is 0.489. The number of hydrogen-bond donors (Lipinski definition) is 0. The predicted molar refractivity (Wildman–Crippen MR) is 102 cm³/mol. The van der Waals surface area contributed by atoms with E-state index < -0.39 is 10.0 Å². The van der Waals surface area contributed by atoms with Crippen LogP contribution in [0.5, 0.6) is 0 Å². The fourth-order valence-corrected chi connectivity index (χ4v) is 4.71. The molecule has 0 radical (unpaired) electrons. The van der Waals surface area contributed by atoms with E-state index in [2.05, 4.69) is 20.9 Å². The molecule has 0 N–H and O–H groups in total. The van der Waals surface area contributed by atoms with Crippen molar-refractivity contribution < 1.29 is 8.42 Å². The molecule has 2 heterocycles. The smallest absolute Gasteiger partial charge is 0.237 e. The number of rotatable bonds is 3. The molecule has 0 unspecified atom stereocenters. The third kappa shape index (κ3) is 2.67. The molecule has 2 aromatic carbocycles. The van der Waals surface area contributed by atoms with Gasteiger partial charge in [-0.2, -0.15) is 0 Å². The van der Waals surface area contributed by atoms with Crippen LogP contribution >= 0.6 is 15.9 Å². The zero-order valence-electron chi connectivity index (χ0n) is 13.0. The number of pyridine rings is 1. The fourth-order valence-electron chi connectivity index (χ4n) is 2.79. The maximum absolute atomic E-state index is 13.3. The molecule has 4 aromatic rings. The summed E-state index contributed by atoms with van der Waals surface area (Å²) in [7, 11) is -3.78. The Balaban J connectivity index is 2.11. The van der Waals surface area contributed by atoms with Crippen molar-refractivity contribution in [3.05, 3.63) is 83.5 Å². The third-order valence-corrected chi connectivity index (χ3v) is 6.37. The Morgan fingerprint density at radius 3 is 2.20 bits per heavy atom. The summed E-state index contributed by atoms with van der Waals surface area (Å²) >= 11 is 3.49. The van der Waals surface area contributed by atoms with Gasteiger partial charge < -0.3 is 0 Å². The van der Waals surface area contributed by atoms with Crippen molar-refractivity contribution >= 4 is 37.0 Å². The van der Waals surface area contributed by atoms with Crippen molar-refractivity contribution in [2.24, 2.45) is 0 Å². The van der Waals surface area contributed by atoms with E-state index in [1.807, 2.05) is 36.4 Å². The van der Waals surface area contributed by atoms with Crippen LogP contribution < -0.4 is 0 Å². The topological polar surface area (TPSA) is 52.0 Å². The van der Waals surface area contributed by atoms with Gasteiger partial charge in [-0.15, -0.1) is 0 Å². The van der Waals surface area contributed by atoms with Gasteiger partial charge in [-0.3, -0.25) is 0 Å². The maximum Gasteiger partial charge on any atom is 0.269 e. The van der Waals surface area contributed by atoms with Gasteiger partial charge in [-0.25, -0.2) is 17.4 Å². The third-order valence-electron chi connectivity index (χ3n) is 3.96. The van der Waals surface area contributed by atoms with E-state index in [1.54, 1.807) is 42.6 Å². The number of benzene rings is 2. The van der Waals surface area contributed by atoms with Gasteiger partial charge in [-0.05, 0) is 45.8 Å². The number of nitrogens with zero attached hydrogens (tertiary/aromatic N) is 2. The average Bonchev–Trinajstić information content (AvgIpc) is 3.05. The van der Waals surface area contributed by atoms with Gasteiger partial charge in [0.05, 0.1) is 10.6 Å². The van der Waals surface area contributed by atoms with E-state index in [0.717, 1.165) is 15.4 Å². The summed E-state index contributed by atoms with van der Waals surface area (Å²) in [6, 6.07) is 21.5. The van der Waals surface area contributed by atoms with E-state index in [9.17, 15) is 8.42 Å². The Hall–Kier alpha value is -2.44. The lowest BCUT2D eigenvalue weighted by atomic mass is 10.1. The molecule has 0 spiro atoms. The van der Waals surface area contributed by atoms with Crippen LogP contribution in [0.1, 0.15) is 0 Å². The van der Waals surface area contributed by atoms with Crippen molar-refractivity contribution in [1.29, 1.82) is 0 Å². The minimum atomic E-state index is -3.78. The summed E-state index contributed by atoms with van der Waals surface area (Å²) in [5.74, 6) is 0. The highest BCUT2D eigenvalue weighted by Crippen LogP contribution is 2.34. The number of hydrogen-bond acceptors (Lipinski definition) is 3. The second-order valence-electron chi connectivity index (χ2n) is 5.51. The number of aromatic nitrogens is 2. The van der Waals surface area contributed by atoms with Crippen molar-refractivity contribution in [1.82, 2.24) is 8.96 Å². The summed E-state index contributed by atoms with van der Waals surface area (Å²) in [6.45, 7) is 0. The normalized spacial score (nSPS) is 11.7. The minimum Gasteiger partial charge on any atom is -0.237 e. The van der Waals surface area contributed by atoms with E-state index >= 15 is 0 Å². The molecule has 25 heavy (non-hydrogen) atoms. The largest absolute Gasteiger partial charge is 0.269 e. The van der Waals surface area contributed by atoms with E-state index in [4.69, 9.17) is 0 Å². The zero-order chi connectivity index (χ0) is 17.4. The Bertz CT molecular complexity index is 1150. The Morgan fingerprint density at radius 1 is 0.880 bits per heavy atom. The molecule has 4 nitrogen and oxygen atoms in total.